The molecule has 0 saturated heterocycles. The predicted molar refractivity (Wildman–Crippen MR) is 91.8 cm³/mol. The van der Waals surface area contributed by atoms with Crippen molar-refractivity contribution in [3.05, 3.63) is 72.2 Å². The van der Waals surface area contributed by atoms with Gasteiger partial charge in [-0.25, -0.2) is 4.39 Å². The molecule has 23 heavy (non-hydrogen) atoms. The Morgan fingerprint density at radius 2 is 1.83 bits per heavy atom. The fourth-order valence-electron chi connectivity index (χ4n) is 2.17. The van der Waals surface area contributed by atoms with E-state index in [1.165, 1.54) is 18.2 Å². The highest BCUT2D eigenvalue weighted by atomic mass is 32.1. The first-order valence-corrected chi connectivity index (χ1v) is 7.26. The summed E-state index contributed by atoms with van der Waals surface area (Å²) in [5.41, 5.74) is 1.34. The van der Waals surface area contributed by atoms with Crippen LogP contribution in [0, 0.1) is 5.82 Å². The Balaban J connectivity index is 1.77. The number of halogens is 1. The molecule has 0 saturated carbocycles. The number of aromatic nitrogens is 1. The number of amides is 1. The fourth-order valence-corrected chi connectivity index (χ4v) is 2.38. The van der Waals surface area contributed by atoms with E-state index in [2.05, 4.69) is 15.6 Å². The molecule has 1 aromatic heterocycles. The number of pyridine rings is 1. The average Bonchev–Trinajstić information content (AvgIpc) is 2.55. The molecule has 4 nitrogen and oxygen atoms in total. The van der Waals surface area contributed by atoms with E-state index in [-0.39, 0.29) is 10.7 Å². The summed E-state index contributed by atoms with van der Waals surface area (Å²) >= 11 is 5.13. The third-order valence-electron chi connectivity index (χ3n) is 3.23. The Bertz CT molecular complexity index is 892. The predicted octanol–water partition coefficient (Wildman–Crippen LogP) is 3.50. The zero-order valence-electron chi connectivity index (χ0n) is 11.9. The topological polar surface area (TPSA) is 54.0 Å². The van der Waals surface area contributed by atoms with Gasteiger partial charge in [0.2, 0.25) is 0 Å². The van der Waals surface area contributed by atoms with Gasteiger partial charge < -0.3 is 5.32 Å². The number of benzene rings is 2. The lowest BCUT2D eigenvalue weighted by Gasteiger charge is -2.11. The molecule has 2 N–H and O–H groups in total. The molecule has 0 aliphatic heterocycles. The largest absolute Gasteiger partial charge is 0.331 e. The summed E-state index contributed by atoms with van der Waals surface area (Å²) in [6, 6.07) is 15.1. The maximum atomic E-state index is 13.6. The summed E-state index contributed by atoms with van der Waals surface area (Å²) in [7, 11) is 0. The van der Waals surface area contributed by atoms with Crippen molar-refractivity contribution in [3.63, 3.8) is 0 Å². The Labute approximate surface area is 137 Å². The monoisotopic (exact) mass is 325 g/mol. The molecule has 1 amide bonds. The summed E-state index contributed by atoms with van der Waals surface area (Å²) in [6.07, 6.45) is 1.68. The number of para-hydroxylation sites is 1. The lowest BCUT2D eigenvalue weighted by atomic mass is 10.2. The Hall–Kier alpha value is -2.86. The van der Waals surface area contributed by atoms with Crippen LogP contribution < -0.4 is 10.6 Å². The minimum Gasteiger partial charge on any atom is -0.331 e. The van der Waals surface area contributed by atoms with Gasteiger partial charge in [-0.15, -0.1) is 0 Å². The summed E-state index contributed by atoms with van der Waals surface area (Å²) < 4.78 is 13.6. The van der Waals surface area contributed by atoms with E-state index in [4.69, 9.17) is 12.2 Å². The molecular formula is C17H12FN3OS. The first-order chi connectivity index (χ1) is 11.1. The molecule has 3 rings (SSSR count). The van der Waals surface area contributed by atoms with Gasteiger partial charge in [0.05, 0.1) is 16.8 Å². The number of thiocarbonyl (C=S) groups is 1. The van der Waals surface area contributed by atoms with Crippen molar-refractivity contribution in [2.75, 3.05) is 5.32 Å². The third-order valence-corrected chi connectivity index (χ3v) is 3.43. The standard InChI is InChI=1S/C17H12FN3OS/c18-13-8-2-1-7-12(13)16(22)21-17(23)20-14-9-3-5-11-6-4-10-19-15(11)14/h1-10H,(H2,20,21,22,23). The molecule has 0 bridgehead atoms. The van der Waals surface area contributed by atoms with E-state index >= 15 is 0 Å². The molecular weight excluding hydrogens is 313 g/mol. The number of anilines is 1. The van der Waals surface area contributed by atoms with E-state index in [0.29, 0.717) is 5.69 Å². The lowest BCUT2D eigenvalue weighted by Crippen LogP contribution is -2.34. The van der Waals surface area contributed by atoms with Gasteiger partial charge >= 0.3 is 0 Å². The molecule has 0 unspecified atom stereocenters. The van der Waals surface area contributed by atoms with Gasteiger partial charge in [0, 0.05) is 11.6 Å². The first kappa shape index (κ1) is 15.1. The number of rotatable bonds is 2. The van der Waals surface area contributed by atoms with Crippen LogP contribution in [0.25, 0.3) is 10.9 Å². The number of hydrogen-bond acceptors (Lipinski definition) is 3. The molecule has 0 spiro atoms. The average molecular weight is 325 g/mol. The quantitative estimate of drug-likeness (QED) is 0.708. The van der Waals surface area contributed by atoms with E-state index in [1.54, 1.807) is 18.3 Å². The highest BCUT2D eigenvalue weighted by Gasteiger charge is 2.12. The van der Waals surface area contributed by atoms with Crippen LogP contribution in [0.1, 0.15) is 10.4 Å². The van der Waals surface area contributed by atoms with Gasteiger partial charge in [0.15, 0.2) is 5.11 Å². The Kier molecular flexibility index (Phi) is 4.25. The number of nitrogens with zero attached hydrogens (tertiary/aromatic N) is 1. The number of hydrogen-bond donors (Lipinski definition) is 2. The second kappa shape index (κ2) is 6.50. The maximum Gasteiger partial charge on any atom is 0.260 e. The van der Waals surface area contributed by atoms with Crippen molar-refractivity contribution >= 4 is 39.8 Å². The number of carbonyl (C=O) groups excluding carboxylic acids is 1. The second-order valence-electron chi connectivity index (χ2n) is 4.77. The van der Waals surface area contributed by atoms with Crippen LogP contribution in [0.5, 0.6) is 0 Å². The molecule has 0 aliphatic carbocycles. The van der Waals surface area contributed by atoms with Crippen LogP contribution in [0.15, 0.2) is 60.8 Å². The lowest BCUT2D eigenvalue weighted by molar-refractivity contribution is 0.0974. The molecule has 114 valence electrons. The second-order valence-corrected chi connectivity index (χ2v) is 5.18. The zero-order valence-corrected chi connectivity index (χ0v) is 12.7. The van der Waals surface area contributed by atoms with Crippen molar-refractivity contribution in [2.45, 2.75) is 0 Å². The maximum absolute atomic E-state index is 13.6. The van der Waals surface area contributed by atoms with Crippen molar-refractivity contribution in [2.24, 2.45) is 0 Å². The van der Waals surface area contributed by atoms with Crippen molar-refractivity contribution in [1.82, 2.24) is 10.3 Å². The SMILES string of the molecule is O=C(NC(=S)Nc1cccc2cccnc12)c1ccccc1F. The van der Waals surface area contributed by atoms with Gasteiger partial charge in [-0.2, -0.15) is 0 Å². The van der Waals surface area contributed by atoms with Crippen LogP contribution in [0.3, 0.4) is 0 Å². The smallest absolute Gasteiger partial charge is 0.260 e. The molecule has 0 aliphatic rings. The van der Waals surface area contributed by atoms with Gasteiger partial charge in [0.25, 0.3) is 5.91 Å². The van der Waals surface area contributed by atoms with Gasteiger partial charge in [0.1, 0.15) is 5.82 Å². The minimum absolute atomic E-state index is 0.0623. The molecule has 0 radical (unpaired) electrons. The molecule has 0 fully saturated rings. The highest BCUT2D eigenvalue weighted by Crippen LogP contribution is 2.20. The molecule has 3 aromatic rings. The number of nitrogens with one attached hydrogen (secondary N) is 2. The number of fused-ring (bicyclic) bond motifs is 1. The van der Waals surface area contributed by atoms with Crippen molar-refractivity contribution in [1.29, 1.82) is 0 Å². The van der Waals surface area contributed by atoms with Gasteiger partial charge in [-0.05, 0) is 36.5 Å². The van der Waals surface area contributed by atoms with Crippen LogP contribution >= 0.6 is 12.2 Å². The van der Waals surface area contributed by atoms with Crippen LogP contribution in [-0.2, 0) is 0 Å². The minimum atomic E-state index is -0.603. The molecule has 1 heterocycles. The van der Waals surface area contributed by atoms with E-state index in [1.807, 2.05) is 24.3 Å². The van der Waals surface area contributed by atoms with Crippen molar-refractivity contribution in [3.8, 4) is 0 Å². The zero-order chi connectivity index (χ0) is 16.2. The van der Waals surface area contributed by atoms with Crippen LogP contribution in [-0.4, -0.2) is 16.0 Å². The van der Waals surface area contributed by atoms with Crippen molar-refractivity contribution < 1.29 is 9.18 Å². The summed E-state index contributed by atoms with van der Waals surface area (Å²) in [4.78, 5) is 16.3. The Morgan fingerprint density at radius 1 is 1.04 bits per heavy atom. The van der Waals surface area contributed by atoms with Gasteiger partial charge in [-0.3, -0.25) is 15.1 Å². The van der Waals surface area contributed by atoms with E-state index < -0.39 is 11.7 Å². The molecule has 2 aromatic carbocycles. The van der Waals surface area contributed by atoms with E-state index in [9.17, 15) is 9.18 Å². The summed E-state index contributed by atoms with van der Waals surface area (Å²) in [5.74, 6) is -1.20. The summed E-state index contributed by atoms with van der Waals surface area (Å²) in [6.45, 7) is 0. The summed E-state index contributed by atoms with van der Waals surface area (Å²) in [5, 5.41) is 6.41. The highest BCUT2D eigenvalue weighted by molar-refractivity contribution is 7.80. The normalized spacial score (nSPS) is 10.3. The van der Waals surface area contributed by atoms with Crippen LogP contribution in [0.2, 0.25) is 0 Å². The molecule has 0 atom stereocenters. The molecule has 6 heteroatoms. The van der Waals surface area contributed by atoms with Crippen LogP contribution in [0.4, 0.5) is 10.1 Å². The van der Waals surface area contributed by atoms with Gasteiger partial charge in [-0.1, -0.05) is 30.3 Å². The first-order valence-electron chi connectivity index (χ1n) is 6.86. The number of carbonyl (C=O) groups is 1. The fraction of sp³-hybridized carbons (Fsp3) is 0. The third kappa shape index (κ3) is 3.32. The van der Waals surface area contributed by atoms with E-state index in [0.717, 1.165) is 10.9 Å². The Morgan fingerprint density at radius 3 is 2.65 bits per heavy atom.